The summed E-state index contributed by atoms with van der Waals surface area (Å²) in [6.45, 7) is 1.72. The van der Waals surface area contributed by atoms with Crippen LogP contribution in [0.3, 0.4) is 0 Å². The average Bonchev–Trinajstić information content (AvgIpc) is 3.12. The van der Waals surface area contributed by atoms with Crippen molar-refractivity contribution in [2.45, 2.75) is 13.0 Å². The molecule has 0 saturated carbocycles. The number of anilines is 1. The molecule has 0 bridgehead atoms. The van der Waals surface area contributed by atoms with E-state index in [1.807, 2.05) is 53.9 Å². The summed E-state index contributed by atoms with van der Waals surface area (Å²) in [5.74, 6) is 0.458. The highest BCUT2D eigenvalue weighted by molar-refractivity contribution is 9.10. The Balaban J connectivity index is 1.60. The average molecular weight is 403 g/mol. The Morgan fingerprint density at radius 3 is 2.50 bits per heavy atom. The van der Waals surface area contributed by atoms with Gasteiger partial charge in [0.15, 0.2) is 6.10 Å². The number of halogens is 1. The highest BCUT2D eigenvalue weighted by atomic mass is 79.9. The van der Waals surface area contributed by atoms with Crippen molar-refractivity contribution in [3.8, 4) is 16.3 Å². The molecule has 1 atom stereocenters. The molecular formula is C18H15BrN2O2S. The maximum absolute atomic E-state index is 12.2. The van der Waals surface area contributed by atoms with Crippen LogP contribution in [0.25, 0.3) is 10.6 Å². The minimum absolute atomic E-state index is 0.195. The summed E-state index contributed by atoms with van der Waals surface area (Å²) in [5.41, 5.74) is 1.76. The second-order valence-electron chi connectivity index (χ2n) is 5.12. The fraction of sp³-hybridized carbons (Fsp3) is 0.111. The van der Waals surface area contributed by atoms with Crippen molar-refractivity contribution >= 4 is 38.9 Å². The summed E-state index contributed by atoms with van der Waals surface area (Å²) in [5, 5.41) is 5.75. The minimum atomic E-state index is -0.593. The molecular weight excluding hydrogens is 388 g/mol. The van der Waals surface area contributed by atoms with Gasteiger partial charge >= 0.3 is 0 Å². The normalized spacial score (nSPS) is 11.8. The van der Waals surface area contributed by atoms with Gasteiger partial charge in [0.25, 0.3) is 5.91 Å². The molecule has 4 nitrogen and oxygen atoms in total. The number of thiazole rings is 1. The highest BCUT2D eigenvalue weighted by Gasteiger charge is 2.15. The largest absolute Gasteiger partial charge is 0.481 e. The molecule has 6 heteroatoms. The minimum Gasteiger partial charge on any atom is -0.481 e. The Labute approximate surface area is 152 Å². The molecule has 0 unspecified atom stereocenters. The Kier molecular flexibility index (Phi) is 5.27. The van der Waals surface area contributed by atoms with E-state index in [4.69, 9.17) is 4.74 Å². The van der Waals surface area contributed by atoms with Gasteiger partial charge in [0.1, 0.15) is 10.8 Å². The summed E-state index contributed by atoms with van der Waals surface area (Å²) in [4.78, 5) is 16.5. The third-order valence-corrected chi connectivity index (χ3v) is 4.68. The van der Waals surface area contributed by atoms with Crippen LogP contribution in [0, 0.1) is 0 Å². The van der Waals surface area contributed by atoms with Crippen molar-refractivity contribution in [3.05, 3.63) is 64.6 Å². The molecule has 0 aliphatic heterocycles. The zero-order chi connectivity index (χ0) is 16.9. The quantitative estimate of drug-likeness (QED) is 0.654. The predicted octanol–water partition coefficient (Wildman–Crippen LogP) is 4.98. The lowest BCUT2D eigenvalue weighted by Crippen LogP contribution is -2.30. The number of carbonyl (C=O) groups excluding carboxylic acids is 1. The maximum Gasteiger partial charge on any atom is 0.265 e. The van der Waals surface area contributed by atoms with Crippen LogP contribution in [0.5, 0.6) is 5.75 Å². The molecule has 0 spiro atoms. The van der Waals surface area contributed by atoms with Gasteiger partial charge in [-0.3, -0.25) is 4.79 Å². The summed E-state index contributed by atoms with van der Waals surface area (Å²) in [6.07, 6.45) is 1.18. The third kappa shape index (κ3) is 4.21. The molecule has 0 aliphatic carbocycles. The van der Waals surface area contributed by atoms with Crippen molar-refractivity contribution in [2.75, 3.05) is 5.32 Å². The maximum atomic E-state index is 12.2. The Morgan fingerprint density at radius 1 is 1.17 bits per heavy atom. The number of carbonyl (C=O) groups is 1. The van der Waals surface area contributed by atoms with Crippen LogP contribution in [0.1, 0.15) is 6.92 Å². The van der Waals surface area contributed by atoms with E-state index in [0.717, 1.165) is 20.7 Å². The molecule has 2 aromatic carbocycles. The van der Waals surface area contributed by atoms with Crippen LogP contribution in [-0.2, 0) is 4.79 Å². The van der Waals surface area contributed by atoms with Crippen LogP contribution in [0.4, 0.5) is 5.69 Å². The highest BCUT2D eigenvalue weighted by Crippen LogP contribution is 2.23. The SMILES string of the molecule is C[C@H](Oc1ccc(Br)cc1)C(=O)Nc1ccc(-c2nccs2)cc1. The van der Waals surface area contributed by atoms with Crippen molar-refractivity contribution in [2.24, 2.45) is 0 Å². The fourth-order valence-corrected chi connectivity index (χ4v) is 2.99. The standard InChI is InChI=1S/C18H15BrN2O2S/c1-12(23-16-8-4-14(19)5-9-16)17(22)21-15-6-2-13(3-7-15)18-20-10-11-24-18/h2-12H,1H3,(H,21,22)/t12-/m0/s1. The lowest BCUT2D eigenvalue weighted by Gasteiger charge is -2.15. The van der Waals surface area contributed by atoms with Crippen LogP contribution >= 0.6 is 27.3 Å². The number of nitrogens with zero attached hydrogens (tertiary/aromatic N) is 1. The van der Waals surface area contributed by atoms with E-state index in [1.54, 1.807) is 24.5 Å². The van der Waals surface area contributed by atoms with E-state index in [9.17, 15) is 4.79 Å². The van der Waals surface area contributed by atoms with Gasteiger partial charge in [-0.25, -0.2) is 4.98 Å². The summed E-state index contributed by atoms with van der Waals surface area (Å²) in [6, 6.07) is 15.0. The van der Waals surface area contributed by atoms with Crippen LogP contribution in [0.15, 0.2) is 64.6 Å². The molecule has 0 saturated heterocycles. The molecule has 3 aromatic rings. The topological polar surface area (TPSA) is 51.2 Å². The van der Waals surface area contributed by atoms with E-state index in [0.29, 0.717) is 5.75 Å². The van der Waals surface area contributed by atoms with E-state index < -0.39 is 6.10 Å². The Hall–Kier alpha value is -2.18. The molecule has 0 fully saturated rings. The summed E-state index contributed by atoms with van der Waals surface area (Å²) in [7, 11) is 0. The molecule has 1 aromatic heterocycles. The lowest BCUT2D eigenvalue weighted by molar-refractivity contribution is -0.122. The van der Waals surface area contributed by atoms with E-state index >= 15 is 0 Å². The van der Waals surface area contributed by atoms with Crippen molar-refractivity contribution in [1.29, 1.82) is 0 Å². The lowest BCUT2D eigenvalue weighted by atomic mass is 10.2. The number of hydrogen-bond acceptors (Lipinski definition) is 4. The number of amides is 1. The van der Waals surface area contributed by atoms with Crippen molar-refractivity contribution < 1.29 is 9.53 Å². The van der Waals surface area contributed by atoms with Gasteiger partial charge in [0, 0.05) is 27.3 Å². The number of ether oxygens (including phenoxy) is 1. The summed E-state index contributed by atoms with van der Waals surface area (Å²) >= 11 is 4.95. The number of aromatic nitrogens is 1. The van der Waals surface area contributed by atoms with Gasteiger partial charge in [-0.15, -0.1) is 11.3 Å². The second-order valence-corrected chi connectivity index (χ2v) is 6.93. The molecule has 1 N–H and O–H groups in total. The molecule has 122 valence electrons. The first-order chi connectivity index (χ1) is 11.6. The van der Waals surface area contributed by atoms with Crippen molar-refractivity contribution in [3.63, 3.8) is 0 Å². The smallest absolute Gasteiger partial charge is 0.265 e. The van der Waals surface area contributed by atoms with Gasteiger partial charge in [-0.05, 0) is 55.5 Å². The van der Waals surface area contributed by atoms with Crippen LogP contribution < -0.4 is 10.1 Å². The zero-order valence-corrected chi connectivity index (χ0v) is 15.3. The zero-order valence-electron chi connectivity index (χ0n) is 12.9. The molecule has 1 heterocycles. The first-order valence-corrected chi connectivity index (χ1v) is 9.02. The van der Waals surface area contributed by atoms with Gasteiger partial charge in [-0.2, -0.15) is 0 Å². The molecule has 0 radical (unpaired) electrons. The molecule has 24 heavy (non-hydrogen) atoms. The van der Waals surface area contributed by atoms with Gasteiger partial charge in [0.05, 0.1) is 0 Å². The predicted molar refractivity (Wildman–Crippen MR) is 100 cm³/mol. The molecule has 1 amide bonds. The number of rotatable bonds is 5. The number of benzene rings is 2. The fourth-order valence-electron chi connectivity index (χ4n) is 2.08. The Bertz CT molecular complexity index is 802. The van der Waals surface area contributed by atoms with Gasteiger partial charge in [-0.1, -0.05) is 15.9 Å². The van der Waals surface area contributed by atoms with Gasteiger partial charge in [0.2, 0.25) is 0 Å². The monoisotopic (exact) mass is 402 g/mol. The second kappa shape index (κ2) is 7.59. The number of hydrogen-bond donors (Lipinski definition) is 1. The van der Waals surface area contributed by atoms with Gasteiger partial charge < -0.3 is 10.1 Å². The van der Waals surface area contributed by atoms with Crippen molar-refractivity contribution in [1.82, 2.24) is 4.98 Å². The summed E-state index contributed by atoms with van der Waals surface area (Å²) < 4.78 is 6.61. The van der Waals surface area contributed by atoms with E-state index in [-0.39, 0.29) is 5.91 Å². The first kappa shape index (κ1) is 16.7. The first-order valence-electron chi connectivity index (χ1n) is 7.35. The third-order valence-electron chi connectivity index (χ3n) is 3.33. The van der Waals surface area contributed by atoms with Crippen LogP contribution in [0.2, 0.25) is 0 Å². The molecule has 3 rings (SSSR count). The Morgan fingerprint density at radius 2 is 1.88 bits per heavy atom. The van der Waals surface area contributed by atoms with E-state index in [2.05, 4.69) is 26.2 Å². The molecule has 0 aliphatic rings. The van der Waals surface area contributed by atoms with Crippen LogP contribution in [-0.4, -0.2) is 17.0 Å². The number of nitrogens with one attached hydrogen (secondary N) is 1. The van der Waals surface area contributed by atoms with E-state index in [1.165, 1.54) is 0 Å².